The molecule has 0 amide bonds. The van der Waals surface area contributed by atoms with Crippen LogP contribution in [0.5, 0.6) is 0 Å². The van der Waals surface area contributed by atoms with Crippen LogP contribution in [0.3, 0.4) is 0 Å². The lowest BCUT2D eigenvalue weighted by molar-refractivity contribution is 0.782. The highest BCUT2D eigenvalue weighted by Crippen LogP contribution is 2.57. The van der Waals surface area contributed by atoms with E-state index in [2.05, 4.69) is 83.5 Å². The quantitative estimate of drug-likeness (QED) is 0.530. The summed E-state index contributed by atoms with van der Waals surface area (Å²) >= 11 is 3.63. The first kappa shape index (κ1) is 16.0. The van der Waals surface area contributed by atoms with Gasteiger partial charge in [0.1, 0.15) is 7.85 Å². The summed E-state index contributed by atoms with van der Waals surface area (Å²) in [4.78, 5) is 0. The van der Waals surface area contributed by atoms with Gasteiger partial charge in [0.05, 0.1) is 11.0 Å². The number of fused-ring (bicyclic) bond motifs is 3. The Morgan fingerprint density at radius 2 is 1.50 bits per heavy atom. The highest BCUT2D eigenvalue weighted by Gasteiger charge is 2.32. The van der Waals surface area contributed by atoms with Crippen LogP contribution < -0.4 is 5.46 Å². The van der Waals surface area contributed by atoms with E-state index in [-0.39, 0.29) is 4.75 Å². The number of rotatable bonds is 1. The van der Waals surface area contributed by atoms with E-state index in [0.29, 0.717) is 0 Å². The molecule has 1 heterocycles. The Morgan fingerprint density at radius 3 is 2.09 bits per heavy atom. The molecule has 0 saturated heterocycles. The number of benzene rings is 2. The third-order valence-electron chi connectivity index (χ3n) is 4.66. The van der Waals surface area contributed by atoms with Crippen molar-refractivity contribution in [2.75, 3.05) is 12.5 Å². The van der Waals surface area contributed by atoms with Crippen molar-refractivity contribution in [1.82, 2.24) is 3.97 Å². The zero-order chi connectivity index (χ0) is 16.3. The van der Waals surface area contributed by atoms with Crippen molar-refractivity contribution in [3.63, 3.8) is 0 Å². The molecule has 0 atom stereocenters. The largest absolute Gasteiger partial charge is 0.302 e. The maximum Gasteiger partial charge on any atom is 0.113 e. The molecule has 0 aliphatic heterocycles. The molecule has 1 aromatic heterocycles. The number of aromatic nitrogens is 1. The molecule has 4 heteroatoms. The first-order valence-electron chi connectivity index (χ1n) is 7.35. The van der Waals surface area contributed by atoms with E-state index in [0.717, 1.165) is 9.94 Å². The van der Waals surface area contributed by atoms with Gasteiger partial charge >= 0.3 is 0 Å². The lowest BCUT2D eigenvalue weighted by Crippen LogP contribution is -2.28. The van der Waals surface area contributed by atoms with Crippen LogP contribution in [-0.4, -0.2) is 29.1 Å². The van der Waals surface area contributed by atoms with Gasteiger partial charge in [-0.2, -0.15) is 10.2 Å². The average Bonchev–Trinajstić information content (AvgIpc) is 2.69. The second-order valence-electron chi connectivity index (χ2n) is 7.12. The molecule has 0 aliphatic carbocycles. The standard InChI is InChI=1S/C18H21BBrNS/c1-18(2,3)22(4,5)21-16-10-12(19)6-8-14(16)15-9-7-13(20)11-17(15)21/h6-11H,1-5H3. The van der Waals surface area contributed by atoms with E-state index in [1.807, 2.05) is 6.07 Å². The third-order valence-corrected chi connectivity index (χ3v) is 9.46. The Hall–Kier alpha value is -0.865. The van der Waals surface area contributed by atoms with Crippen molar-refractivity contribution >= 4 is 61.3 Å². The van der Waals surface area contributed by atoms with E-state index < -0.39 is 10.2 Å². The van der Waals surface area contributed by atoms with E-state index in [1.165, 1.54) is 21.8 Å². The van der Waals surface area contributed by atoms with Gasteiger partial charge in [-0.15, -0.1) is 0 Å². The molecule has 0 unspecified atom stereocenters. The summed E-state index contributed by atoms with van der Waals surface area (Å²) in [6.07, 6.45) is 4.77. The molecular formula is C18H21BBrNS. The van der Waals surface area contributed by atoms with Crippen LogP contribution in [0.2, 0.25) is 0 Å². The molecule has 0 saturated carbocycles. The zero-order valence-electron chi connectivity index (χ0n) is 13.8. The molecule has 2 radical (unpaired) electrons. The molecule has 3 rings (SSSR count). The van der Waals surface area contributed by atoms with E-state index in [4.69, 9.17) is 7.85 Å². The van der Waals surface area contributed by atoms with Crippen molar-refractivity contribution in [3.8, 4) is 0 Å². The molecule has 22 heavy (non-hydrogen) atoms. The van der Waals surface area contributed by atoms with Gasteiger partial charge < -0.3 is 3.97 Å². The fourth-order valence-corrected chi connectivity index (χ4v) is 4.92. The predicted molar refractivity (Wildman–Crippen MR) is 107 cm³/mol. The molecule has 0 fully saturated rings. The molecule has 2 aromatic carbocycles. The summed E-state index contributed by atoms with van der Waals surface area (Å²) in [5, 5.41) is 2.57. The Morgan fingerprint density at radius 1 is 0.955 bits per heavy atom. The lowest BCUT2D eigenvalue weighted by atomic mass is 9.95. The monoisotopic (exact) mass is 373 g/mol. The van der Waals surface area contributed by atoms with Crippen molar-refractivity contribution in [2.45, 2.75) is 25.5 Å². The van der Waals surface area contributed by atoms with Crippen LogP contribution in [-0.2, 0) is 0 Å². The van der Waals surface area contributed by atoms with E-state index >= 15 is 0 Å². The summed E-state index contributed by atoms with van der Waals surface area (Å²) in [7, 11) is 5.00. The van der Waals surface area contributed by atoms with Crippen LogP contribution >= 0.6 is 26.1 Å². The van der Waals surface area contributed by atoms with Crippen LogP contribution in [0, 0.1) is 0 Å². The van der Waals surface area contributed by atoms with Crippen LogP contribution in [0.15, 0.2) is 40.9 Å². The Bertz CT molecular complexity index is 815. The highest BCUT2D eigenvalue weighted by atomic mass is 79.9. The maximum absolute atomic E-state index is 6.08. The van der Waals surface area contributed by atoms with Gasteiger partial charge in [-0.3, -0.25) is 0 Å². The summed E-state index contributed by atoms with van der Waals surface area (Å²) in [6, 6.07) is 12.8. The van der Waals surface area contributed by atoms with Gasteiger partial charge in [-0.1, -0.05) is 60.4 Å². The summed E-state index contributed by atoms with van der Waals surface area (Å²) in [5.41, 5.74) is 3.34. The fourth-order valence-electron chi connectivity index (χ4n) is 2.74. The number of hydrogen-bond acceptors (Lipinski definition) is 0. The molecular weight excluding hydrogens is 353 g/mol. The molecule has 114 valence electrons. The molecule has 0 spiro atoms. The first-order valence-corrected chi connectivity index (χ1v) is 10.6. The van der Waals surface area contributed by atoms with Gasteiger partial charge in [-0.25, -0.2) is 0 Å². The van der Waals surface area contributed by atoms with Gasteiger partial charge in [0.2, 0.25) is 0 Å². The lowest BCUT2D eigenvalue weighted by Gasteiger charge is -2.46. The Labute approximate surface area is 144 Å². The van der Waals surface area contributed by atoms with E-state index in [1.54, 1.807) is 0 Å². The number of hydrogen-bond donors (Lipinski definition) is 0. The van der Waals surface area contributed by atoms with Crippen molar-refractivity contribution in [3.05, 3.63) is 40.9 Å². The van der Waals surface area contributed by atoms with E-state index in [9.17, 15) is 0 Å². The fraction of sp³-hybridized carbons (Fsp3) is 0.333. The second-order valence-corrected chi connectivity index (χ2v) is 12.2. The smallest absolute Gasteiger partial charge is 0.113 e. The third kappa shape index (κ3) is 2.32. The summed E-state index contributed by atoms with van der Waals surface area (Å²) < 4.78 is 3.83. The van der Waals surface area contributed by atoms with Gasteiger partial charge in [0.25, 0.3) is 0 Å². The molecule has 0 bridgehead atoms. The van der Waals surface area contributed by atoms with Crippen molar-refractivity contribution in [2.24, 2.45) is 0 Å². The van der Waals surface area contributed by atoms with Crippen LogP contribution in [0.1, 0.15) is 20.8 Å². The minimum Gasteiger partial charge on any atom is -0.302 e. The molecule has 0 N–H and O–H groups in total. The maximum atomic E-state index is 6.08. The molecule has 3 aromatic rings. The minimum atomic E-state index is -1.08. The highest BCUT2D eigenvalue weighted by molar-refractivity contribution is 9.10. The summed E-state index contributed by atoms with van der Waals surface area (Å²) in [6.45, 7) is 6.97. The second kappa shape index (κ2) is 5.07. The normalized spacial score (nSPS) is 13.9. The van der Waals surface area contributed by atoms with Gasteiger partial charge in [0, 0.05) is 20.0 Å². The van der Waals surface area contributed by atoms with Crippen LogP contribution in [0.4, 0.5) is 0 Å². The SMILES string of the molecule is [B]c1ccc2c3ccc(Br)cc3n(S(C)(C)C(C)(C)C)c2c1. The van der Waals surface area contributed by atoms with Gasteiger partial charge in [0.15, 0.2) is 0 Å². The predicted octanol–water partition coefficient (Wildman–Crippen LogP) is 4.98. The molecule has 1 nitrogen and oxygen atoms in total. The van der Waals surface area contributed by atoms with Gasteiger partial charge in [-0.05, 0) is 30.7 Å². The minimum absolute atomic E-state index is 0.193. The Kier molecular flexibility index (Phi) is 3.69. The average molecular weight is 374 g/mol. The number of halogens is 1. The molecule has 0 aliphatic rings. The topological polar surface area (TPSA) is 4.93 Å². The Balaban J connectivity index is 2.54. The number of nitrogens with zero attached hydrogens (tertiary/aromatic N) is 1. The first-order chi connectivity index (χ1) is 10.1. The summed E-state index contributed by atoms with van der Waals surface area (Å²) in [5.74, 6) is 0. The zero-order valence-corrected chi connectivity index (χ0v) is 16.2. The van der Waals surface area contributed by atoms with Crippen molar-refractivity contribution in [1.29, 1.82) is 0 Å². The van der Waals surface area contributed by atoms with Crippen molar-refractivity contribution < 1.29 is 0 Å². The van der Waals surface area contributed by atoms with Crippen LogP contribution in [0.25, 0.3) is 21.8 Å².